The van der Waals surface area contributed by atoms with E-state index in [4.69, 9.17) is 15.4 Å². The Morgan fingerprint density at radius 2 is 1.72 bits per heavy atom. The molecular formula is C12H16N4O8S. The zero-order valence-corrected chi connectivity index (χ0v) is 13.6. The van der Waals surface area contributed by atoms with Crippen molar-refractivity contribution in [3.63, 3.8) is 0 Å². The van der Waals surface area contributed by atoms with E-state index in [9.17, 15) is 27.9 Å². The van der Waals surface area contributed by atoms with Gasteiger partial charge in [0.05, 0.1) is 16.3 Å². The van der Waals surface area contributed by atoms with Crippen molar-refractivity contribution in [2.24, 2.45) is 5.73 Å². The van der Waals surface area contributed by atoms with Crippen LogP contribution in [0, 0.1) is 0 Å². The first-order valence-electron chi connectivity index (χ1n) is 6.57. The van der Waals surface area contributed by atoms with E-state index in [1.54, 1.807) is 0 Å². The number of aliphatic carboxylic acids is 1. The Morgan fingerprint density at radius 3 is 2.16 bits per heavy atom. The van der Waals surface area contributed by atoms with Gasteiger partial charge in [0.1, 0.15) is 6.04 Å². The molecule has 138 valence electrons. The first-order chi connectivity index (χ1) is 11.4. The van der Waals surface area contributed by atoms with Gasteiger partial charge in [-0.2, -0.15) is 8.42 Å². The van der Waals surface area contributed by atoms with Gasteiger partial charge in [0, 0.05) is 13.5 Å². The predicted octanol–water partition coefficient (Wildman–Crippen LogP) is -0.869. The van der Waals surface area contributed by atoms with E-state index >= 15 is 0 Å². The summed E-state index contributed by atoms with van der Waals surface area (Å²) in [4.78, 5) is 32.7. The summed E-state index contributed by atoms with van der Waals surface area (Å²) in [5, 5.41) is 24.9. The minimum absolute atomic E-state index is 0.375. The fourth-order valence-electron chi connectivity index (χ4n) is 1.59. The van der Waals surface area contributed by atoms with Crippen LogP contribution in [0.25, 0.3) is 0 Å². The van der Waals surface area contributed by atoms with Crippen LogP contribution < -0.4 is 21.7 Å². The van der Waals surface area contributed by atoms with Crippen LogP contribution in [0.4, 0.5) is 16.2 Å². The summed E-state index contributed by atoms with van der Waals surface area (Å²) in [7, 11) is -4.70. The average molecular weight is 376 g/mol. The number of phenolic OH excluding ortho intramolecular Hbond substituents is 1. The van der Waals surface area contributed by atoms with Gasteiger partial charge < -0.3 is 31.9 Å². The van der Waals surface area contributed by atoms with E-state index in [-0.39, 0.29) is 5.69 Å². The Hall–Kier alpha value is -2.90. The molecule has 8 N–H and O–H groups in total. The number of nitrogens with one attached hydrogen (secondary N) is 3. The molecule has 0 bridgehead atoms. The van der Waals surface area contributed by atoms with Crippen LogP contribution in [-0.2, 0) is 19.7 Å². The van der Waals surface area contributed by atoms with Crippen LogP contribution in [0.3, 0.4) is 0 Å². The monoisotopic (exact) mass is 376 g/mol. The minimum atomic E-state index is -4.70. The quantitative estimate of drug-likeness (QED) is 0.243. The molecule has 1 atom stereocenters. The van der Waals surface area contributed by atoms with E-state index in [0.717, 1.165) is 19.1 Å². The Balaban J connectivity index is 3.10. The first kappa shape index (κ1) is 20.1. The van der Waals surface area contributed by atoms with E-state index in [1.165, 1.54) is 0 Å². The standard InChI is InChI=1S/C12H16N4O8S/c1-5(17)15-8-2-6(25(22,23)24)3-9(10(8)18)16-12(21)14-4-7(13)11(19)20/h2-3,7,18H,4,13H2,1H3,(H,15,17)(H,19,20)(H2,14,16,21)(H,22,23,24). The summed E-state index contributed by atoms with van der Waals surface area (Å²) in [6.07, 6.45) is 0. The molecule has 12 nitrogen and oxygen atoms in total. The highest BCUT2D eigenvalue weighted by Gasteiger charge is 2.20. The molecule has 0 aliphatic rings. The van der Waals surface area contributed by atoms with Gasteiger partial charge in [-0.15, -0.1) is 0 Å². The topological polar surface area (TPSA) is 208 Å². The number of nitrogens with two attached hydrogens (primary N) is 1. The predicted molar refractivity (Wildman–Crippen MR) is 84.9 cm³/mol. The van der Waals surface area contributed by atoms with Crippen molar-refractivity contribution in [2.45, 2.75) is 17.9 Å². The minimum Gasteiger partial charge on any atom is -0.504 e. The van der Waals surface area contributed by atoms with Crippen molar-refractivity contribution < 1.29 is 37.6 Å². The smallest absolute Gasteiger partial charge is 0.322 e. The van der Waals surface area contributed by atoms with Crippen LogP contribution >= 0.6 is 0 Å². The fourth-order valence-corrected chi connectivity index (χ4v) is 2.13. The lowest BCUT2D eigenvalue weighted by molar-refractivity contribution is -0.138. The molecule has 0 saturated heterocycles. The summed E-state index contributed by atoms with van der Waals surface area (Å²) >= 11 is 0. The maximum atomic E-state index is 11.7. The average Bonchev–Trinajstić information content (AvgIpc) is 2.46. The molecule has 0 radical (unpaired) electrons. The number of carbonyl (C=O) groups excluding carboxylic acids is 2. The van der Waals surface area contributed by atoms with Crippen LogP contribution in [0.2, 0.25) is 0 Å². The third kappa shape index (κ3) is 5.91. The molecule has 1 unspecified atom stereocenters. The van der Waals surface area contributed by atoms with Gasteiger partial charge in [0.15, 0.2) is 5.75 Å². The molecule has 1 aromatic rings. The highest BCUT2D eigenvalue weighted by molar-refractivity contribution is 7.85. The van der Waals surface area contributed by atoms with E-state index < -0.39 is 56.9 Å². The Bertz CT molecular complexity index is 808. The second-order valence-electron chi connectivity index (χ2n) is 4.80. The van der Waals surface area contributed by atoms with Crippen molar-refractivity contribution in [1.29, 1.82) is 0 Å². The van der Waals surface area contributed by atoms with Gasteiger partial charge in [-0.25, -0.2) is 4.79 Å². The van der Waals surface area contributed by atoms with Crippen molar-refractivity contribution in [2.75, 3.05) is 17.2 Å². The number of carboxylic acid groups (broad SMARTS) is 1. The highest BCUT2D eigenvalue weighted by Crippen LogP contribution is 2.35. The molecular weight excluding hydrogens is 360 g/mol. The molecule has 0 saturated carbocycles. The van der Waals surface area contributed by atoms with Gasteiger partial charge in [-0.3, -0.25) is 14.1 Å². The molecule has 3 amide bonds. The fraction of sp³-hybridized carbons (Fsp3) is 0.250. The third-order valence-corrected chi connectivity index (χ3v) is 3.57. The SMILES string of the molecule is CC(=O)Nc1cc(S(=O)(=O)O)cc(NC(=O)NCC(N)C(=O)O)c1O. The number of hydrogen-bond acceptors (Lipinski definition) is 7. The van der Waals surface area contributed by atoms with E-state index in [2.05, 4.69) is 16.0 Å². The Labute approximate surface area is 141 Å². The number of benzene rings is 1. The summed E-state index contributed by atoms with van der Waals surface area (Å²) < 4.78 is 31.6. The lowest BCUT2D eigenvalue weighted by Crippen LogP contribution is -2.43. The zero-order chi connectivity index (χ0) is 19.4. The maximum absolute atomic E-state index is 11.7. The lowest BCUT2D eigenvalue weighted by atomic mass is 10.2. The van der Waals surface area contributed by atoms with Crippen LogP contribution in [0.5, 0.6) is 5.75 Å². The second kappa shape index (κ2) is 7.78. The molecule has 1 rings (SSSR count). The molecule has 13 heteroatoms. The number of hydrogen-bond donors (Lipinski definition) is 7. The number of urea groups is 1. The van der Waals surface area contributed by atoms with Crippen LogP contribution in [-0.4, -0.2) is 53.7 Å². The van der Waals surface area contributed by atoms with Gasteiger partial charge in [-0.05, 0) is 12.1 Å². The Kier molecular flexibility index (Phi) is 6.27. The van der Waals surface area contributed by atoms with Crippen LogP contribution in [0.15, 0.2) is 17.0 Å². The number of phenols is 1. The number of carbonyl (C=O) groups is 3. The van der Waals surface area contributed by atoms with Crippen molar-refractivity contribution >= 4 is 39.4 Å². The number of amides is 3. The van der Waals surface area contributed by atoms with Gasteiger partial charge in [0.2, 0.25) is 5.91 Å². The number of anilines is 2. The molecule has 1 aromatic carbocycles. The van der Waals surface area contributed by atoms with E-state index in [0.29, 0.717) is 0 Å². The Morgan fingerprint density at radius 1 is 1.20 bits per heavy atom. The lowest BCUT2D eigenvalue weighted by Gasteiger charge is -2.14. The number of rotatable bonds is 6. The molecule has 0 heterocycles. The van der Waals surface area contributed by atoms with Gasteiger partial charge in [-0.1, -0.05) is 0 Å². The third-order valence-electron chi connectivity index (χ3n) is 2.74. The first-order valence-corrected chi connectivity index (χ1v) is 8.01. The summed E-state index contributed by atoms with van der Waals surface area (Å²) in [6, 6.07) is -0.853. The summed E-state index contributed by atoms with van der Waals surface area (Å²) in [5.41, 5.74) is 4.36. The van der Waals surface area contributed by atoms with Crippen molar-refractivity contribution in [3.05, 3.63) is 12.1 Å². The summed E-state index contributed by atoms with van der Waals surface area (Å²) in [5.74, 6) is -2.68. The molecule has 0 aromatic heterocycles. The largest absolute Gasteiger partial charge is 0.504 e. The maximum Gasteiger partial charge on any atom is 0.322 e. The van der Waals surface area contributed by atoms with E-state index in [1.807, 2.05) is 0 Å². The summed E-state index contributed by atoms with van der Waals surface area (Å²) in [6.45, 7) is 0.644. The van der Waals surface area contributed by atoms with Gasteiger partial charge in [0.25, 0.3) is 10.1 Å². The molecule has 0 fully saturated rings. The molecule has 0 spiro atoms. The molecule has 0 aliphatic carbocycles. The second-order valence-corrected chi connectivity index (χ2v) is 6.22. The molecule has 0 aliphatic heterocycles. The van der Waals surface area contributed by atoms with Crippen molar-refractivity contribution in [3.8, 4) is 5.75 Å². The molecule has 25 heavy (non-hydrogen) atoms. The van der Waals surface area contributed by atoms with Crippen LogP contribution in [0.1, 0.15) is 6.92 Å². The number of carboxylic acids is 1. The van der Waals surface area contributed by atoms with Crippen molar-refractivity contribution in [1.82, 2.24) is 5.32 Å². The zero-order valence-electron chi connectivity index (χ0n) is 12.8. The van der Waals surface area contributed by atoms with Gasteiger partial charge >= 0.3 is 12.0 Å². The normalized spacial score (nSPS) is 12.1. The number of aromatic hydroxyl groups is 1. The highest BCUT2D eigenvalue weighted by atomic mass is 32.2.